The van der Waals surface area contributed by atoms with Gasteiger partial charge in [0.2, 0.25) is 0 Å². The van der Waals surface area contributed by atoms with Gasteiger partial charge < -0.3 is 4.90 Å². The Morgan fingerprint density at radius 2 is 2.00 bits per heavy atom. The van der Waals surface area contributed by atoms with E-state index in [0.717, 1.165) is 38.3 Å². The number of benzene rings is 1. The van der Waals surface area contributed by atoms with Crippen LogP contribution in [0.15, 0.2) is 16.9 Å². The smallest absolute Gasteiger partial charge is 0.261 e. The van der Waals surface area contributed by atoms with E-state index in [-0.39, 0.29) is 11.5 Å². The van der Waals surface area contributed by atoms with E-state index in [1.54, 1.807) is 23.7 Å². The van der Waals surface area contributed by atoms with Crippen molar-refractivity contribution in [3.63, 3.8) is 0 Å². The molecule has 0 radical (unpaired) electrons. The van der Waals surface area contributed by atoms with E-state index >= 15 is 0 Å². The average Bonchev–Trinajstić information content (AvgIpc) is 2.52. The minimum atomic E-state index is -0.0606. The minimum Gasteiger partial charge on any atom is -0.302 e. The molecule has 1 aliphatic rings. The highest BCUT2D eigenvalue weighted by Crippen LogP contribution is 2.29. The Labute approximate surface area is 152 Å². The number of hydrogen-bond acceptors (Lipinski definition) is 3. The van der Waals surface area contributed by atoms with Gasteiger partial charge in [-0.1, -0.05) is 37.0 Å². The highest BCUT2D eigenvalue weighted by Gasteiger charge is 2.25. The fourth-order valence-corrected chi connectivity index (χ4v) is 3.92. The molecule has 0 spiro atoms. The lowest BCUT2D eigenvalue weighted by Gasteiger charge is -2.34. The third-order valence-electron chi connectivity index (χ3n) is 4.65. The Morgan fingerprint density at radius 1 is 1.29 bits per heavy atom. The van der Waals surface area contributed by atoms with E-state index in [2.05, 4.69) is 18.7 Å². The Kier molecular flexibility index (Phi) is 5.19. The van der Waals surface area contributed by atoms with Crippen LogP contribution in [-0.4, -0.2) is 34.1 Å². The third kappa shape index (κ3) is 3.46. The summed E-state index contributed by atoms with van der Waals surface area (Å²) in [7, 11) is 1.80. The zero-order valence-corrected chi connectivity index (χ0v) is 15.9. The summed E-state index contributed by atoms with van der Waals surface area (Å²) in [6, 6.07) is 3.31. The zero-order chi connectivity index (χ0) is 17.4. The van der Waals surface area contributed by atoms with Crippen LogP contribution < -0.4 is 5.56 Å². The van der Waals surface area contributed by atoms with Crippen LogP contribution in [0.3, 0.4) is 0 Å². The lowest BCUT2D eigenvalue weighted by molar-refractivity contribution is 0.183. The van der Waals surface area contributed by atoms with Gasteiger partial charge in [0.15, 0.2) is 0 Å². The van der Waals surface area contributed by atoms with Crippen molar-refractivity contribution in [2.75, 3.05) is 19.6 Å². The fourth-order valence-electron chi connectivity index (χ4n) is 3.60. The number of halogens is 2. The van der Waals surface area contributed by atoms with Crippen LogP contribution in [0.4, 0.5) is 0 Å². The molecule has 1 aliphatic heterocycles. The van der Waals surface area contributed by atoms with Crippen molar-refractivity contribution in [1.29, 1.82) is 0 Å². The van der Waals surface area contributed by atoms with E-state index in [9.17, 15) is 4.79 Å². The Balaban J connectivity index is 2.01. The number of rotatable bonds is 3. The van der Waals surface area contributed by atoms with E-state index in [4.69, 9.17) is 28.2 Å². The molecule has 24 heavy (non-hydrogen) atoms. The summed E-state index contributed by atoms with van der Waals surface area (Å²) in [6.45, 7) is 7.63. The number of likely N-dealkylation sites (tertiary alicyclic amines) is 1. The molecule has 4 nitrogen and oxygen atoms in total. The molecule has 0 saturated carbocycles. The molecule has 0 unspecified atom stereocenters. The van der Waals surface area contributed by atoms with Gasteiger partial charge in [-0.05, 0) is 37.4 Å². The SMILES string of the molecule is CC(C)CN1CCC[C@@H](c2nc3cc(Cl)c(Cl)cc3c(=O)n2C)C1. The van der Waals surface area contributed by atoms with Gasteiger partial charge in [-0.2, -0.15) is 0 Å². The Hall–Kier alpha value is -1.10. The maximum atomic E-state index is 12.7. The molecule has 0 bridgehead atoms. The molecule has 0 amide bonds. The molecular weight excluding hydrogens is 345 g/mol. The Morgan fingerprint density at radius 3 is 2.71 bits per heavy atom. The molecule has 1 fully saturated rings. The van der Waals surface area contributed by atoms with Crippen LogP contribution in [0.2, 0.25) is 10.0 Å². The van der Waals surface area contributed by atoms with Gasteiger partial charge in [-0.25, -0.2) is 4.98 Å². The first-order chi connectivity index (χ1) is 11.4. The summed E-state index contributed by atoms with van der Waals surface area (Å²) >= 11 is 12.2. The minimum absolute atomic E-state index is 0.0606. The maximum Gasteiger partial charge on any atom is 0.261 e. The van der Waals surface area contributed by atoms with Gasteiger partial charge in [0, 0.05) is 26.1 Å². The first-order valence-electron chi connectivity index (χ1n) is 8.45. The van der Waals surface area contributed by atoms with Gasteiger partial charge in [0.1, 0.15) is 5.82 Å². The quantitative estimate of drug-likeness (QED) is 0.820. The molecule has 1 atom stereocenters. The topological polar surface area (TPSA) is 38.1 Å². The van der Waals surface area contributed by atoms with E-state index < -0.39 is 0 Å². The molecule has 2 aromatic rings. The lowest BCUT2D eigenvalue weighted by Crippen LogP contribution is -2.38. The molecule has 1 aromatic heterocycles. The number of nitrogens with zero attached hydrogens (tertiary/aromatic N) is 3. The number of aromatic nitrogens is 2. The molecule has 6 heteroatoms. The standard InChI is InChI=1S/C18H23Cl2N3O/c1-11(2)9-23-6-4-5-12(10-23)17-21-16-8-15(20)14(19)7-13(16)18(24)22(17)3/h7-8,11-12H,4-6,9-10H2,1-3H3/t12-/m1/s1. The number of hydrogen-bond donors (Lipinski definition) is 0. The van der Waals surface area contributed by atoms with Crippen molar-refractivity contribution in [1.82, 2.24) is 14.5 Å². The summed E-state index contributed by atoms with van der Waals surface area (Å²) in [6.07, 6.45) is 2.19. The Bertz CT molecular complexity index is 816. The first kappa shape index (κ1) is 17.7. The average molecular weight is 368 g/mol. The number of fused-ring (bicyclic) bond motifs is 1. The van der Waals surface area contributed by atoms with Crippen molar-refractivity contribution in [3.8, 4) is 0 Å². The van der Waals surface area contributed by atoms with Crippen LogP contribution in [0.25, 0.3) is 10.9 Å². The summed E-state index contributed by atoms with van der Waals surface area (Å²) < 4.78 is 1.68. The molecule has 2 heterocycles. The van der Waals surface area contributed by atoms with E-state index in [1.807, 2.05) is 0 Å². The zero-order valence-electron chi connectivity index (χ0n) is 14.4. The van der Waals surface area contributed by atoms with Crippen molar-refractivity contribution in [2.45, 2.75) is 32.6 Å². The fraction of sp³-hybridized carbons (Fsp3) is 0.556. The van der Waals surface area contributed by atoms with E-state index in [0.29, 0.717) is 26.9 Å². The summed E-state index contributed by atoms with van der Waals surface area (Å²) in [5.41, 5.74) is 0.568. The molecule has 0 N–H and O–H groups in total. The second-order valence-corrected chi connectivity index (χ2v) is 7.92. The summed E-state index contributed by atoms with van der Waals surface area (Å²) in [5.74, 6) is 1.76. The molecule has 1 aromatic carbocycles. The van der Waals surface area contributed by atoms with Crippen LogP contribution in [0.5, 0.6) is 0 Å². The molecule has 1 saturated heterocycles. The number of piperidine rings is 1. The van der Waals surface area contributed by atoms with Crippen LogP contribution in [0, 0.1) is 5.92 Å². The van der Waals surface area contributed by atoms with Crippen molar-refractivity contribution in [3.05, 3.63) is 38.4 Å². The monoisotopic (exact) mass is 367 g/mol. The summed E-state index contributed by atoms with van der Waals surface area (Å²) in [5, 5.41) is 1.34. The molecule has 130 valence electrons. The van der Waals surface area contributed by atoms with Gasteiger partial charge in [0.05, 0.1) is 20.9 Å². The van der Waals surface area contributed by atoms with Crippen molar-refractivity contribution < 1.29 is 0 Å². The van der Waals surface area contributed by atoms with Gasteiger partial charge in [-0.3, -0.25) is 9.36 Å². The first-order valence-corrected chi connectivity index (χ1v) is 9.20. The molecule has 0 aliphatic carbocycles. The molecule has 3 rings (SSSR count). The highest BCUT2D eigenvalue weighted by molar-refractivity contribution is 6.42. The predicted molar refractivity (Wildman–Crippen MR) is 100 cm³/mol. The lowest BCUT2D eigenvalue weighted by atomic mass is 9.96. The second kappa shape index (κ2) is 7.03. The van der Waals surface area contributed by atoms with Gasteiger partial charge >= 0.3 is 0 Å². The van der Waals surface area contributed by atoms with Crippen molar-refractivity contribution >= 4 is 34.1 Å². The van der Waals surface area contributed by atoms with Gasteiger partial charge in [0.25, 0.3) is 5.56 Å². The summed E-state index contributed by atoms with van der Waals surface area (Å²) in [4.78, 5) is 20.0. The van der Waals surface area contributed by atoms with Crippen molar-refractivity contribution in [2.24, 2.45) is 13.0 Å². The van der Waals surface area contributed by atoms with Crippen LogP contribution >= 0.6 is 23.2 Å². The predicted octanol–water partition coefficient (Wildman–Crippen LogP) is 4.08. The van der Waals surface area contributed by atoms with Gasteiger partial charge in [-0.15, -0.1) is 0 Å². The normalized spacial score (nSPS) is 19.3. The third-order valence-corrected chi connectivity index (χ3v) is 5.37. The van der Waals surface area contributed by atoms with Crippen LogP contribution in [0.1, 0.15) is 38.4 Å². The highest BCUT2D eigenvalue weighted by atomic mass is 35.5. The van der Waals surface area contributed by atoms with Crippen LogP contribution in [-0.2, 0) is 7.05 Å². The maximum absolute atomic E-state index is 12.7. The van der Waals surface area contributed by atoms with E-state index in [1.165, 1.54) is 0 Å². The molecular formula is C18H23Cl2N3O. The largest absolute Gasteiger partial charge is 0.302 e. The second-order valence-electron chi connectivity index (χ2n) is 7.11.